The van der Waals surface area contributed by atoms with Gasteiger partial charge in [0.05, 0.1) is 6.54 Å². The number of benzene rings is 1. The van der Waals surface area contributed by atoms with E-state index in [0.717, 1.165) is 25.8 Å². The zero-order valence-electron chi connectivity index (χ0n) is 13.0. The highest BCUT2D eigenvalue weighted by Gasteiger charge is 2.18. The van der Waals surface area contributed by atoms with E-state index in [-0.39, 0.29) is 5.91 Å². The predicted octanol–water partition coefficient (Wildman–Crippen LogP) is 3.17. The smallest absolute Gasteiger partial charge is 0.239 e. The number of carbonyl (C=O) groups excluding carboxylic acids is 1. The maximum absolute atomic E-state index is 12.2. The first-order valence-corrected chi connectivity index (χ1v) is 8.74. The Morgan fingerprint density at radius 2 is 2.27 bits per heavy atom. The van der Waals surface area contributed by atoms with Gasteiger partial charge >= 0.3 is 0 Å². The van der Waals surface area contributed by atoms with E-state index in [2.05, 4.69) is 52.9 Å². The first-order chi connectivity index (χ1) is 10.7. The average Bonchev–Trinajstić information content (AvgIpc) is 3.00. The van der Waals surface area contributed by atoms with Crippen molar-refractivity contribution in [2.45, 2.75) is 26.2 Å². The minimum atomic E-state index is 0.116. The van der Waals surface area contributed by atoms with Crippen LogP contribution in [0.3, 0.4) is 0 Å². The Labute approximate surface area is 136 Å². The number of rotatable bonds is 5. The molecule has 2 aromatic rings. The highest BCUT2D eigenvalue weighted by atomic mass is 32.1. The normalized spacial score (nSPS) is 13.8. The van der Waals surface area contributed by atoms with Crippen molar-refractivity contribution in [2.24, 2.45) is 0 Å². The molecular weight excluding hydrogens is 292 g/mol. The second-order valence-corrected chi connectivity index (χ2v) is 6.87. The summed E-state index contributed by atoms with van der Waals surface area (Å²) in [7, 11) is 0. The minimum absolute atomic E-state index is 0.116. The summed E-state index contributed by atoms with van der Waals surface area (Å²) in [6.45, 7) is 4.26. The van der Waals surface area contributed by atoms with Crippen LogP contribution in [-0.4, -0.2) is 25.5 Å². The van der Waals surface area contributed by atoms with Gasteiger partial charge in [0.2, 0.25) is 5.91 Å². The van der Waals surface area contributed by atoms with Crippen LogP contribution in [0.4, 0.5) is 5.69 Å². The summed E-state index contributed by atoms with van der Waals surface area (Å²) in [6, 6.07) is 10.7. The summed E-state index contributed by atoms with van der Waals surface area (Å²) >= 11 is 1.74. The van der Waals surface area contributed by atoms with Gasteiger partial charge in [-0.1, -0.05) is 23.8 Å². The summed E-state index contributed by atoms with van der Waals surface area (Å²) < 4.78 is 0. The molecule has 0 unspecified atom stereocenters. The van der Waals surface area contributed by atoms with Gasteiger partial charge in [0.15, 0.2) is 0 Å². The van der Waals surface area contributed by atoms with Crippen molar-refractivity contribution < 1.29 is 4.79 Å². The third-order valence-electron chi connectivity index (χ3n) is 4.06. The van der Waals surface area contributed by atoms with Gasteiger partial charge in [-0.05, 0) is 49.3 Å². The van der Waals surface area contributed by atoms with Crippen LogP contribution in [0.5, 0.6) is 0 Å². The fraction of sp³-hybridized carbons (Fsp3) is 0.389. The number of amides is 1. The van der Waals surface area contributed by atoms with E-state index in [0.29, 0.717) is 13.1 Å². The topological polar surface area (TPSA) is 32.3 Å². The van der Waals surface area contributed by atoms with Gasteiger partial charge in [-0.3, -0.25) is 4.79 Å². The van der Waals surface area contributed by atoms with Gasteiger partial charge in [-0.25, -0.2) is 0 Å². The molecule has 1 aromatic heterocycles. The van der Waals surface area contributed by atoms with Gasteiger partial charge in [-0.15, -0.1) is 11.3 Å². The van der Waals surface area contributed by atoms with Gasteiger partial charge in [-0.2, -0.15) is 0 Å². The Morgan fingerprint density at radius 3 is 3.09 bits per heavy atom. The van der Waals surface area contributed by atoms with Gasteiger partial charge < -0.3 is 10.2 Å². The summed E-state index contributed by atoms with van der Waals surface area (Å²) in [5.41, 5.74) is 3.89. The van der Waals surface area contributed by atoms with E-state index in [1.54, 1.807) is 11.3 Å². The number of hydrogen-bond donors (Lipinski definition) is 1. The van der Waals surface area contributed by atoms with Crippen molar-refractivity contribution in [1.29, 1.82) is 0 Å². The fourth-order valence-corrected chi connectivity index (χ4v) is 3.69. The minimum Gasteiger partial charge on any atom is -0.362 e. The molecule has 0 saturated heterocycles. The molecule has 0 radical (unpaired) electrons. The van der Waals surface area contributed by atoms with Crippen molar-refractivity contribution in [2.75, 3.05) is 24.5 Å². The SMILES string of the molecule is Cc1ccc2c(c1)CCCN2CC(=O)NCCc1cccs1. The Bertz CT molecular complexity index is 637. The van der Waals surface area contributed by atoms with Gasteiger partial charge in [0.1, 0.15) is 0 Å². The second kappa shape index (κ2) is 6.97. The number of aryl methyl sites for hydroxylation is 2. The molecule has 3 nitrogen and oxygen atoms in total. The zero-order chi connectivity index (χ0) is 15.4. The lowest BCUT2D eigenvalue weighted by Crippen LogP contribution is -2.40. The monoisotopic (exact) mass is 314 g/mol. The van der Waals surface area contributed by atoms with Crippen LogP contribution in [-0.2, 0) is 17.6 Å². The lowest BCUT2D eigenvalue weighted by atomic mass is 9.99. The van der Waals surface area contributed by atoms with Crippen molar-refractivity contribution in [3.05, 3.63) is 51.7 Å². The molecule has 0 atom stereocenters. The number of carbonyl (C=O) groups is 1. The molecule has 1 aliphatic rings. The third kappa shape index (κ3) is 3.69. The van der Waals surface area contributed by atoms with Gasteiger partial charge in [0, 0.05) is 23.7 Å². The standard InChI is InChI=1S/C18H22N2OS/c1-14-6-7-17-15(12-14)4-2-10-20(17)13-18(21)19-9-8-16-5-3-11-22-16/h3,5-7,11-12H,2,4,8-10,13H2,1H3,(H,19,21). The van der Waals surface area contributed by atoms with E-state index in [1.165, 1.54) is 21.7 Å². The Morgan fingerprint density at radius 1 is 1.36 bits per heavy atom. The highest BCUT2D eigenvalue weighted by Crippen LogP contribution is 2.27. The summed E-state index contributed by atoms with van der Waals surface area (Å²) in [6.07, 6.45) is 3.16. The molecule has 116 valence electrons. The molecule has 1 amide bonds. The number of fused-ring (bicyclic) bond motifs is 1. The Kier molecular flexibility index (Phi) is 4.78. The molecule has 4 heteroatoms. The summed E-state index contributed by atoms with van der Waals surface area (Å²) in [5, 5.41) is 5.11. The summed E-state index contributed by atoms with van der Waals surface area (Å²) in [4.78, 5) is 15.7. The lowest BCUT2D eigenvalue weighted by molar-refractivity contribution is -0.119. The third-order valence-corrected chi connectivity index (χ3v) is 4.99. The van der Waals surface area contributed by atoms with Crippen molar-refractivity contribution in [3.63, 3.8) is 0 Å². The lowest BCUT2D eigenvalue weighted by Gasteiger charge is -2.31. The molecule has 0 saturated carbocycles. The Hall–Kier alpha value is -1.81. The molecule has 0 fully saturated rings. The van der Waals surface area contributed by atoms with E-state index in [4.69, 9.17) is 0 Å². The van der Waals surface area contributed by atoms with E-state index >= 15 is 0 Å². The molecule has 2 heterocycles. The quantitative estimate of drug-likeness (QED) is 0.919. The number of nitrogens with one attached hydrogen (secondary N) is 1. The van der Waals surface area contributed by atoms with Crippen molar-refractivity contribution in [3.8, 4) is 0 Å². The molecule has 1 aromatic carbocycles. The molecule has 1 N–H and O–H groups in total. The van der Waals surface area contributed by atoms with Crippen molar-refractivity contribution >= 4 is 22.9 Å². The van der Waals surface area contributed by atoms with E-state index < -0.39 is 0 Å². The summed E-state index contributed by atoms with van der Waals surface area (Å²) in [5.74, 6) is 0.116. The zero-order valence-corrected chi connectivity index (χ0v) is 13.8. The highest BCUT2D eigenvalue weighted by molar-refractivity contribution is 7.09. The molecule has 1 aliphatic heterocycles. The number of nitrogens with zero attached hydrogens (tertiary/aromatic N) is 1. The molecular formula is C18H22N2OS. The average molecular weight is 314 g/mol. The molecule has 0 aliphatic carbocycles. The maximum Gasteiger partial charge on any atom is 0.239 e. The largest absolute Gasteiger partial charge is 0.362 e. The van der Waals surface area contributed by atoms with E-state index in [9.17, 15) is 4.79 Å². The van der Waals surface area contributed by atoms with Gasteiger partial charge in [0.25, 0.3) is 0 Å². The number of anilines is 1. The van der Waals surface area contributed by atoms with Crippen LogP contribution in [0.15, 0.2) is 35.7 Å². The molecule has 0 bridgehead atoms. The molecule has 3 rings (SSSR count). The van der Waals surface area contributed by atoms with E-state index in [1.807, 2.05) is 0 Å². The van der Waals surface area contributed by atoms with Crippen LogP contribution in [0.25, 0.3) is 0 Å². The number of hydrogen-bond acceptors (Lipinski definition) is 3. The van der Waals surface area contributed by atoms with Crippen LogP contribution in [0.2, 0.25) is 0 Å². The first-order valence-electron chi connectivity index (χ1n) is 7.86. The van der Waals surface area contributed by atoms with Crippen LogP contribution < -0.4 is 10.2 Å². The predicted molar refractivity (Wildman–Crippen MR) is 92.7 cm³/mol. The molecule has 0 spiro atoms. The van der Waals surface area contributed by atoms with Crippen molar-refractivity contribution in [1.82, 2.24) is 5.32 Å². The molecule has 22 heavy (non-hydrogen) atoms. The van der Waals surface area contributed by atoms with Crippen LogP contribution in [0.1, 0.15) is 22.4 Å². The number of thiophene rings is 1. The second-order valence-electron chi connectivity index (χ2n) is 5.84. The maximum atomic E-state index is 12.2. The van der Waals surface area contributed by atoms with Crippen LogP contribution >= 0.6 is 11.3 Å². The first kappa shape index (κ1) is 15.1. The van der Waals surface area contributed by atoms with Crippen LogP contribution in [0, 0.1) is 6.92 Å². The Balaban J connectivity index is 1.54. The fourth-order valence-electron chi connectivity index (χ4n) is 2.98.